The molecule has 22 heavy (non-hydrogen) atoms. The molecule has 0 aromatic carbocycles. The Morgan fingerprint density at radius 3 is 2.73 bits per heavy atom. The summed E-state index contributed by atoms with van der Waals surface area (Å²) in [6.45, 7) is 5.72. The molecule has 0 bridgehead atoms. The second kappa shape index (κ2) is 8.83. The molecule has 0 aliphatic carbocycles. The van der Waals surface area contributed by atoms with Crippen molar-refractivity contribution < 1.29 is 0 Å². The summed E-state index contributed by atoms with van der Waals surface area (Å²) < 4.78 is 2.15. The monoisotopic (exact) mass is 305 g/mol. The van der Waals surface area contributed by atoms with Crippen molar-refractivity contribution in [3.05, 3.63) is 24.0 Å². The zero-order valence-electron chi connectivity index (χ0n) is 14.4. The fourth-order valence-electron chi connectivity index (χ4n) is 3.03. The van der Waals surface area contributed by atoms with E-state index in [9.17, 15) is 0 Å². The van der Waals surface area contributed by atoms with Gasteiger partial charge in [-0.15, -0.1) is 0 Å². The summed E-state index contributed by atoms with van der Waals surface area (Å²) in [6.07, 6.45) is 7.32. The Labute approximate surface area is 135 Å². The van der Waals surface area contributed by atoms with Crippen molar-refractivity contribution in [2.24, 2.45) is 12.0 Å². The fourth-order valence-corrected chi connectivity index (χ4v) is 3.03. The predicted octanol–water partition coefficient (Wildman–Crippen LogP) is 1.91. The molecule has 2 heterocycles. The first-order valence-electron chi connectivity index (χ1n) is 8.45. The number of rotatable bonds is 7. The Balaban J connectivity index is 1.64. The summed E-state index contributed by atoms with van der Waals surface area (Å²) in [5, 5.41) is 3.47. The third-order valence-corrected chi connectivity index (χ3v) is 4.41. The van der Waals surface area contributed by atoms with Crippen molar-refractivity contribution in [2.75, 3.05) is 40.3 Å². The Morgan fingerprint density at radius 2 is 2.09 bits per heavy atom. The lowest BCUT2D eigenvalue weighted by atomic mass is 10.3. The highest BCUT2D eigenvalue weighted by atomic mass is 15.3. The van der Waals surface area contributed by atoms with Crippen LogP contribution in [0.2, 0.25) is 0 Å². The first kappa shape index (κ1) is 16.9. The first-order valence-corrected chi connectivity index (χ1v) is 8.45. The summed E-state index contributed by atoms with van der Waals surface area (Å²) >= 11 is 0. The molecule has 5 nitrogen and oxygen atoms in total. The van der Waals surface area contributed by atoms with Crippen molar-refractivity contribution in [1.82, 2.24) is 19.7 Å². The molecule has 2 rings (SSSR count). The maximum atomic E-state index is 4.39. The van der Waals surface area contributed by atoms with E-state index in [4.69, 9.17) is 0 Å². The number of likely N-dealkylation sites (tertiary alicyclic amines) is 1. The first-order chi connectivity index (χ1) is 10.7. The van der Waals surface area contributed by atoms with E-state index in [1.165, 1.54) is 51.0 Å². The maximum Gasteiger partial charge on any atom is 0.193 e. The van der Waals surface area contributed by atoms with Crippen LogP contribution in [0.15, 0.2) is 23.3 Å². The molecule has 1 N–H and O–H groups in total. The van der Waals surface area contributed by atoms with Crippen molar-refractivity contribution in [1.29, 1.82) is 0 Å². The molecular weight excluding hydrogens is 274 g/mol. The van der Waals surface area contributed by atoms with Gasteiger partial charge in [0.25, 0.3) is 0 Å². The van der Waals surface area contributed by atoms with Gasteiger partial charge in [0.1, 0.15) is 0 Å². The van der Waals surface area contributed by atoms with Gasteiger partial charge < -0.3 is 19.7 Å². The van der Waals surface area contributed by atoms with Crippen LogP contribution >= 0.6 is 0 Å². The highest BCUT2D eigenvalue weighted by Gasteiger charge is 2.11. The molecule has 0 amide bonds. The molecule has 1 fully saturated rings. The Kier molecular flexibility index (Phi) is 6.77. The van der Waals surface area contributed by atoms with Crippen molar-refractivity contribution in [2.45, 2.75) is 32.2 Å². The molecule has 1 aliphatic rings. The largest absolute Gasteiger partial charge is 0.356 e. The molecule has 0 saturated carbocycles. The molecule has 124 valence electrons. The van der Waals surface area contributed by atoms with Crippen molar-refractivity contribution >= 4 is 5.96 Å². The van der Waals surface area contributed by atoms with E-state index in [1.807, 2.05) is 7.05 Å². The van der Waals surface area contributed by atoms with Crippen LogP contribution in [0.5, 0.6) is 0 Å². The number of hydrogen-bond acceptors (Lipinski definition) is 2. The molecule has 1 saturated heterocycles. The Morgan fingerprint density at radius 1 is 1.32 bits per heavy atom. The minimum Gasteiger partial charge on any atom is -0.356 e. The number of unbranched alkanes of at least 4 members (excludes halogenated alkanes) is 1. The van der Waals surface area contributed by atoms with Crippen LogP contribution < -0.4 is 5.32 Å². The van der Waals surface area contributed by atoms with E-state index in [0.717, 1.165) is 19.0 Å². The number of aryl methyl sites for hydroxylation is 1. The van der Waals surface area contributed by atoms with Crippen molar-refractivity contribution in [3.63, 3.8) is 0 Å². The van der Waals surface area contributed by atoms with Crippen molar-refractivity contribution in [3.8, 4) is 0 Å². The zero-order valence-corrected chi connectivity index (χ0v) is 14.4. The lowest BCUT2D eigenvalue weighted by Crippen LogP contribution is -2.39. The van der Waals surface area contributed by atoms with E-state index < -0.39 is 0 Å². The third-order valence-electron chi connectivity index (χ3n) is 4.41. The van der Waals surface area contributed by atoms with Crippen LogP contribution in [0.25, 0.3) is 0 Å². The van der Waals surface area contributed by atoms with Gasteiger partial charge in [-0.2, -0.15) is 0 Å². The topological polar surface area (TPSA) is 35.8 Å². The summed E-state index contributed by atoms with van der Waals surface area (Å²) in [5.74, 6) is 0.974. The summed E-state index contributed by atoms with van der Waals surface area (Å²) in [5.41, 5.74) is 1.29. The summed E-state index contributed by atoms with van der Waals surface area (Å²) in [7, 11) is 6.03. The highest BCUT2D eigenvalue weighted by molar-refractivity contribution is 5.79. The predicted molar refractivity (Wildman–Crippen MR) is 93.1 cm³/mol. The minimum atomic E-state index is 0.872. The summed E-state index contributed by atoms with van der Waals surface area (Å²) in [4.78, 5) is 9.14. The molecule has 0 unspecified atom stereocenters. The fraction of sp³-hybridized carbons (Fsp3) is 0.706. The van der Waals surface area contributed by atoms with E-state index in [0.29, 0.717) is 0 Å². The Bertz CT molecular complexity index is 459. The second-order valence-corrected chi connectivity index (χ2v) is 6.20. The van der Waals surface area contributed by atoms with Gasteiger partial charge in [0, 0.05) is 39.6 Å². The SMILES string of the molecule is CN=C(NCCCCN1CCCC1)N(C)Cc1cccn1C. The molecule has 0 spiro atoms. The smallest absolute Gasteiger partial charge is 0.193 e. The molecular formula is C17H31N5. The number of nitrogens with one attached hydrogen (secondary N) is 1. The van der Waals surface area contributed by atoms with Crippen LogP contribution in [-0.4, -0.2) is 60.6 Å². The van der Waals surface area contributed by atoms with Crippen LogP contribution in [0.1, 0.15) is 31.4 Å². The van der Waals surface area contributed by atoms with Gasteiger partial charge in [-0.1, -0.05) is 0 Å². The number of guanidine groups is 1. The van der Waals surface area contributed by atoms with E-state index in [-0.39, 0.29) is 0 Å². The van der Waals surface area contributed by atoms with E-state index in [2.05, 4.69) is 57.1 Å². The number of hydrogen-bond donors (Lipinski definition) is 1. The quantitative estimate of drug-likeness (QED) is 0.475. The molecule has 0 atom stereocenters. The van der Waals surface area contributed by atoms with Gasteiger partial charge in [-0.3, -0.25) is 4.99 Å². The molecule has 0 radical (unpaired) electrons. The minimum absolute atomic E-state index is 0.872. The average molecular weight is 305 g/mol. The van der Waals surface area contributed by atoms with Crippen LogP contribution in [-0.2, 0) is 13.6 Å². The van der Waals surface area contributed by atoms with E-state index in [1.54, 1.807) is 0 Å². The second-order valence-electron chi connectivity index (χ2n) is 6.20. The highest BCUT2D eigenvalue weighted by Crippen LogP contribution is 2.08. The number of aromatic nitrogens is 1. The molecule has 5 heteroatoms. The summed E-state index contributed by atoms with van der Waals surface area (Å²) in [6, 6.07) is 4.23. The molecule has 1 aromatic rings. The standard InChI is InChI=1S/C17H31N5/c1-18-17(21(3)15-16-9-8-11-20(16)2)19-10-4-5-12-22-13-6-7-14-22/h8-9,11H,4-7,10,12-15H2,1-3H3,(H,18,19). The normalized spacial score (nSPS) is 16.2. The van der Waals surface area contributed by atoms with Gasteiger partial charge in [-0.25, -0.2) is 0 Å². The van der Waals surface area contributed by atoms with Crippen LogP contribution in [0.4, 0.5) is 0 Å². The average Bonchev–Trinajstić information content (AvgIpc) is 3.15. The molecule has 1 aliphatic heterocycles. The lowest BCUT2D eigenvalue weighted by Gasteiger charge is -2.22. The van der Waals surface area contributed by atoms with Gasteiger partial charge >= 0.3 is 0 Å². The number of aliphatic imine (C=N–C) groups is 1. The van der Waals surface area contributed by atoms with Gasteiger partial charge in [0.05, 0.1) is 6.54 Å². The third kappa shape index (κ3) is 5.05. The van der Waals surface area contributed by atoms with Crippen LogP contribution in [0, 0.1) is 0 Å². The van der Waals surface area contributed by atoms with Gasteiger partial charge in [0.15, 0.2) is 5.96 Å². The number of nitrogens with zero attached hydrogens (tertiary/aromatic N) is 4. The van der Waals surface area contributed by atoms with Gasteiger partial charge in [-0.05, 0) is 57.5 Å². The molecule has 1 aromatic heterocycles. The van der Waals surface area contributed by atoms with Crippen LogP contribution in [0.3, 0.4) is 0 Å². The maximum absolute atomic E-state index is 4.39. The van der Waals surface area contributed by atoms with E-state index >= 15 is 0 Å². The zero-order chi connectivity index (χ0) is 15.8. The Hall–Kier alpha value is -1.49. The van der Waals surface area contributed by atoms with Gasteiger partial charge in [0.2, 0.25) is 0 Å². The lowest BCUT2D eigenvalue weighted by molar-refractivity contribution is 0.330.